The molecule has 0 bridgehead atoms. The molecule has 4 rings (SSSR count). The summed E-state index contributed by atoms with van der Waals surface area (Å²) in [4.78, 5) is 11.1. The summed E-state index contributed by atoms with van der Waals surface area (Å²) in [7, 11) is 1.46. The first-order valence-corrected chi connectivity index (χ1v) is 14.0. The van der Waals surface area contributed by atoms with Crippen LogP contribution < -0.4 is 10.1 Å². The van der Waals surface area contributed by atoms with Crippen molar-refractivity contribution >= 4 is 17.2 Å². The van der Waals surface area contributed by atoms with Crippen molar-refractivity contribution in [2.45, 2.75) is 47.6 Å². The van der Waals surface area contributed by atoms with Crippen LogP contribution in [0.4, 0.5) is 4.39 Å². The van der Waals surface area contributed by atoms with Gasteiger partial charge in [0.2, 0.25) is 0 Å². The zero-order chi connectivity index (χ0) is 30.8. The Balaban J connectivity index is 0.000000247. The van der Waals surface area contributed by atoms with Crippen molar-refractivity contribution in [2.75, 3.05) is 7.11 Å². The standard InChI is InChI=1S/C22H26FNO.C15H14O2/c1-14(2)16(4)20-12-19(9-7-15(20)3)17(5)24-13-18-8-10-22(25-6)21(23)11-18;1-2-11-7-9-12(10-8-11)13-5-3-4-6-14(13)15(16)17/h7-12,24H,5,13H2,1-4,6H3;3-10H,2H2,1H3,(H,16,17). The molecule has 0 fully saturated rings. The van der Waals surface area contributed by atoms with Crippen molar-refractivity contribution in [3.63, 3.8) is 0 Å². The van der Waals surface area contributed by atoms with Gasteiger partial charge < -0.3 is 15.2 Å². The van der Waals surface area contributed by atoms with E-state index in [1.807, 2.05) is 42.5 Å². The molecule has 0 radical (unpaired) electrons. The predicted molar refractivity (Wildman–Crippen MR) is 172 cm³/mol. The molecule has 0 heterocycles. The van der Waals surface area contributed by atoms with Gasteiger partial charge >= 0.3 is 5.97 Å². The third-order valence-electron chi connectivity index (χ3n) is 7.29. The van der Waals surface area contributed by atoms with Crippen LogP contribution >= 0.6 is 0 Å². The lowest BCUT2D eigenvalue weighted by atomic mass is 9.95. The van der Waals surface area contributed by atoms with Crippen LogP contribution in [0.3, 0.4) is 0 Å². The molecule has 0 aliphatic carbocycles. The highest BCUT2D eigenvalue weighted by molar-refractivity contribution is 5.96. The number of hydrogen-bond acceptors (Lipinski definition) is 3. The lowest BCUT2D eigenvalue weighted by Crippen LogP contribution is -2.11. The van der Waals surface area contributed by atoms with Crippen molar-refractivity contribution in [3.8, 4) is 16.9 Å². The molecule has 5 heteroatoms. The average molecular weight is 566 g/mol. The van der Waals surface area contributed by atoms with E-state index in [0.717, 1.165) is 34.4 Å². The lowest BCUT2D eigenvalue weighted by molar-refractivity contribution is 0.0697. The molecule has 0 saturated heterocycles. The summed E-state index contributed by atoms with van der Waals surface area (Å²) in [6.07, 6.45) is 0.987. The first-order chi connectivity index (χ1) is 20.0. The van der Waals surface area contributed by atoms with Gasteiger partial charge in [0, 0.05) is 12.2 Å². The Morgan fingerprint density at radius 2 is 1.57 bits per heavy atom. The molecule has 218 valence electrons. The maximum atomic E-state index is 13.8. The van der Waals surface area contributed by atoms with Crippen LogP contribution in [-0.4, -0.2) is 18.2 Å². The van der Waals surface area contributed by atoms with Crippen LogP contribution in [0.1, 0.15) is 65.9 Å². The van der Waals surface area contributed by atoms with Gasteiger partial charge in [-0.15, -0.1) is 0 Å². The highest BCUT2D eigenvalue weighted by Crippen LogP contribution is 2.26. The summed E-state index contributed by atoms with van der Waals surface area (Å²) >= 11 is 0. The van der Waals surface area contributed by atoms with Crippen molar-refractivity contribution in [2.24, 2.45) is 0 Å². The topological polar surface area (TPSA) is 58.6 Å². The molecule has 0 saturated carbocycles. The zero-order valence-corrected chi connectivity index (χ0v) is 25.3. The molecule has 0 aromatic heterocycles. The fourth-order valence-electron chi connectivity index (χ4n) is 4.46. The number of rotatable bonds is 9. The van der Waals surface area contributed by atoms with Gasteiger partial charge in [-0.25, -0.2) is 9.18 Å². The third-order valence-corrected chi connectivity index (χ3v) is 7.29. The minimum absolute atomic E-state index is 0.253. The van der Waals surface area contributed by atoms with Crippen molar-refractivity contribution in [1.29, 1.82) is 0 Å². The number of carboxylic acid groups (broad SMARTS) is 1. The van der Waals surface area contributed by atoms with Crippen molar-refractivity contribution < 1.29 is 19.0 Å². The van der Waals surface area contributed by atoms with Gasteiger partial charge in [-0.1, -0.05) is 79.7 Å². The summed E-state index contributed by atoms with van der Waals surface area (Å²) in [5, 5.41) is 12.4. The normalized spacial score (nSPS) is 10.3. The fourth-order valence-corrected chi connectivity index (χ4v) is 4.46. The zero-order valence-electron chi connectivity index (χ0n) is 25.3. The Kier molecular flexibility index (Phi) is 11.3. The molecule has 4 aromatic carbocycles. The van der Waals surface area contributed by atoms with Crippen molar-refractivity contribution in [1.82, 2.24) is 5.32 Å². The van der Waals surface area contributed by atoms with Gasteiger partial charge in [-0.3, -0.25) is 0 Å². The van der Waals surface area contributed by atoms with E-state index in [0.29, 0.717) is 12.1 Å². The quantitative estimate of drug-likeness (QED) is 0.212. The van der Waals surface area contributed by atoms with Gasteiger partial charge in [0.05, 0.1) is 12.7 Å². The summed E-state index contributed by atoms with van der Waals surface area (Å²) in [6, 6.07) is 26.4. The minimum Gasteiger partial charge on any atom is -0.494 e. The molecule has 0 aliphatic rings. The monoisotopic (exact) mass is 565 g/mol. The Morgan fingerprint density at radius 1 is 0.905 bits per heavy atom. The molecule has 42 heavy (non-hydrogen) atoms. The Hall–Kier alpha value is -4.64. The molecule has 4 nitrogen and oxygen atoms in total. The molecule has 2 N–H and O–H groups in total. The third kappa shape index (κ3) is 8.20. The molecule has 0 unspecified atom stereocenters. The van der Waals surface area contributed by atoms with Gasteiger partial charge in [0.15, 0.2) is 11.6 Å². The van der Waals surface area contributed by atoms with Crippen molar-refractivity contribution in [3.05, 3.63) is 136 Å². The van der Waals surface area contributed by atoms with Crippen LogP contribution in [0.2, 0.25) is 0 Å². The number of aromatic carboxylic acids is 1. The molecule has 4 aromatic rings. The first-order valence-electron chi connectivity index (χ1n) is 14.0. The van der Waals surface area contributed by atoms with E-state index < -0.39 is 5.97 Å². The highest BCUT2D eigenvalue weighted by Gasteiger charge is 2.10. The van der Waals surface area contributed by atoms with Crippen LogP contribution in [0.5, 0.6) is 5.75 Å². The first kappa shape index (κ1) is 31.9. The van der Waals surface area contributed by atoms with Crippen LogP contribution in [0, 0.1) is 12.7 Å². The molecule has 0 amide bonds. The van der Waals surface area contributed by atoms with E-state index in [1.165, 1.54) is 41.0 Å². The number of carbonyl (C=O) groups is 1. The van der Waals surface area contributed by atoms with E-state index in [2.05, 4.69) is 64.7 Å². The minimum atomic E-state index is -0.889. The number of benzene rings is 4. The molecule has 0 aliphatic heterocycles. The predicted octanol–water partition coefficient (Wildman–Crippen LogP) is 9.33. The van der Waals surface area contributed by atoms with E-state index in [-0.39, 0.29) is 11.6 Å². The number of halogens is 1. The SMILES string of the molecule is C=C(NCc1ccc(OC)c(F)c1)c1ccc(C)c(C(C)=C(C)C)c1.CCc1ccc(-c2ccccc2C(=O)O)cc1. The average Bonchev–Trinajstić information content (AvgIpc) is 3.00. The lowest BCUT2D eigenvalue weighted by Gasteiger charge is -2.14. The fraction of sp³-hybridized carbons (Fsp3) is 0.216. The van der Waals surface area contributed by atoms with E-state index >= 15 is 0 Å². The second-order valence-electron chi connectivity index (χ2n) is 10.4. The largest absolute Gasteiger partial charge is 0.494 e. The van der Waals surface area contributed by atoms with E-state index in [1.54, 1.807) is 18.2 Å². The molecular weight excluding hydrogens is 525 g/mol. The summed E-state index contributed by atoms with van der Waals surface area (Å²) in [5.41, 5.74) is 11.1. The Morgan fingerprint density at radius 3 is 2.17 bits per heavy atom. The smallest absolute Gasteiger partial charge is 0.336 e. The maximum Gasteiger partial charge on any atom is 0.336 e. The highest BCUT2D eigenvalue weighted by atomic mass is 19.1. The number of hydrogen-bond donors (Lipinski definition) is 2. The molecule has 0 spiro atoms. The van der Waals surface area contributed by atoms with Crippen LogP contribution in [-0.2, 0) is 13.0 Å². The van der Waals surface area contributed by atoms with Gasteiger partial charge in [-0.2, -0.15) is 0 Å². The number of aryl methyl sites for hydroxylation is 2. The number of nitrogens with one attached hydrogen (secondary N) is 1. The van der Waals surface area contributed by atoms with E-state index in [4.69, 9.17) is 9.84 Å². The van der Waals surface area contributed by atoms with Gasteiger partial charge in [-0.05, 0) is 103 Å². The second kappa shape index (κ2) is 14.8. The molecular formula is C37H40FNO3. The van der Waals surface area contributed by atoms with Gasteiger partial charge in [0.1, 0.15) is 0 Å². The van der Waals surface area contributed by atoms with Gasteiger partial charge in [0.25, 0.3) is 0 Å². The summed E-state index contributed by atoms with van der Waals surface area (Å²) in [6.45, 7) is 15.2. The number of allylic oxidation sites excluding steroid dienone is 2. The Labute approximate surface area is 249 Å². The number of ether oxygens (including phenoxy) is 1. The summed E-state index contributed by atoms with van der Waals surface area (Å²) in [5.74, 6) is -0.993. The number of methoxy groups -OCH3 is 1. The van der Waals surface area contributed by atoms with Crippen LogP contribution in [0.15, 0.2) is 97.1 Å². The Bertz CT molecular complexity index is 1580. The second-order valence-corrected chi connectivity index (χ2v) is 10.4. The van der Waals surface area contributed by atoms with E-state index in [9.17, 15) is 9.18 Å². The number of carboxylic acids is 1. The van der Waals surface area contributed by atoms with Crippen LogP contribution in [0.25, 0.3) is 22.4 Å². The maximum absolute atomic E-state index is 13.8. The molecule has 0 atom stereocenters. The summed E-state index contributed by atoms with van der Waals surface area (Å²) < 4.78 is 18.7.